The van der Waals surface area contributed by atoms with Gasteiger partial charge in [0.25, 0.3) is 10.0 Å². The fourth-order valence-corrected chi connectivity index (χ4v) is 6.69. The highest BCUT2D eigenvalue weighted by atomic mass is 79.9. The summed E-state index contributed by atoms with van der Waals surface area (Å²) in [6.07, 6.45) is 0.225. The van der Waals surface area contributed by atoms with Crippen LogP contribution in [0.15, 0.2) is 119 Å². The Morgan fingerprint density at radius 2 is 1.39 bits per heavy atom. The number of amides is 2. The van der Waals surface area contributed by atoms with Gasteiger partial charge >= 0.3 is 0 Å². The summed E-state index contributed by atoms with van der Waals surface area (Å²) >= 11 is 9.96. The zero-order valence-corrected chi connectivity index (χ0v) is 27.9. The molecule has 0 aliphatic heterocycles. The van der Waals surface area contributed by atoms with Gasteiger partial charge in [-0.15, -0.1) is 0 Å². The van der Waals surface area contributed by atoms with Crippen molar-refractivity contribution in [3.05, 3.63) is 130 Å². The van der Waals surface area contributed by atoms with Crippen molar-refractivity contribution >= 4 is 55.1 Å². The molecule has 1 N–H and O–H groups in total. The van der Waals surface area contributed by atoms with E-state index >= 15 is 0 Å². The fourth-order valence-electron chi connectivity index (χ4n) is 4.68. The van der Waals surface area contributed by atoms with Gasteiger partial charge in [-0.3, -0.25) is 13.9 Å². The molecule has 0 fully saturated rings. The number of halogens is 2. The van der Waals surface area contributed by atoms with E-state index in [0.29, 0.717) is 0 Å². The van der Waals surface area contributed by atoms with E-state index in [1.807, 2.05) is 75.4 Å². The predicted octanol–water partition coefficient (Wildman–Crippen LogP) is 6.85. The van der Waals surface area contributed by atoms with Gasteiger partial charge in [0.1, 0.15) is 12.6 Å². The van der Waals surface area contributed by atoms with Crippen molar-refractivity contribution in [2.45, 2.75) is 50.2 Å². The molecule has 2 amide bonds. The molecule has 0 aliphatic carbocycles. The van der Waals surface area contributed by atoms with Gasteiger partial charge in [-0.1, -0.05) is 100 Å². The molecule has 44 heavy (non-hydrogen) atoms. The van der Waals surface area contributed by atoms with Crippen LogP contribution in [0, 0.1) is 0 Å². The van der Waals surface area contributed by atoms with Gasteiger partial charge in [0.05, 0.1) is 15.6 Å². The number of carbonyl (C=O) groups is 2. The summed E-state index contributed by atoms with van der Waals surface area (Å²) in [5.41, 5.74) is 1.22. The molecule has 0 unspecified atom stereocenters. The van der Waals surface area contributed by atoms with Crippen LogP contribution in [0.4, 0.5) is 5.69 Å². The lowest BCUT2D eigenvalue weighted by Crippen LogP contribution is -2.56. The topological polar surface area (TPSA) is 86.8 Å². The number of nitrogens with one attached hydrogen (secondary N) is 1. The monoisotopic (exact) mass is 695 g/mol. The third-order valence-corrected chi connectivity index (χ3v) is 9.39. The van der Waals surface area contributed by atoms with Crippen molar-refractivity contribution in [1.29, 1.82) is 0 Å². The summed E-state index contributed by atoms with van der Waals surface area (Å²) in [4.78, 5) is 29.9. The van der Waals surface area contributed by atoms with Crippen LogP contribution in [0.3, 0.4) is 0 Å². The van der Waals surface area contributed by atoms with Crippen LogP contribution in [0.25, 0.3) is 0 Å². The number of sulfonamides is 1. The molecule has 0 radical (unpaired) electrons. The number of hydrogen-bond acceptors (Lipinski definition) is 4. The molecule has 0 spiro atoms. The molecule has 1 atom stereocenters. The van der Waals surface area contributed by atoms with Crippen molar-refractivity contribution in [3.8, 4) is 0 Å². The van der Waals surface area contributed by atoms with Crippen LogP contribution >= 0.6 is 27.5 Å². The summed E-state index contributed by atoms with van der Waals surface area (Å²) in [5.74, 6) is -0.903. The molecule has 230 valence electrons. The van der Waals surface area contributed by atoms with E-state index in [4.69, 9.17) is 11.6 Å². The first-order valence-electron chi connectivity index (χ1n) is 14.1. The summed E-state index contributed by atoms with van der Waals surface area (Å²) in [7, 11) is -4.22. The highest BCUT2D eigenvalue weighted by Gasteiger charge is 2.36. The SMILES string of the molecule is CC(C)(C)NC(=O)[C@@H](Cc1ccccc1)N(Cc1ccc(Br)cc1)C(=O)CN(c1ccccc1Cl)S(=O)(=O)c1ccccc1. The second kappa shape index (κ2) is 14.4. The van der Waals surface area contributed by atoms with Crippen molar-refractivity contribution in [1.82, 2.24) is 10.2 Å². The van der Waals surface area contributed by atoms with E-state index in [1.165, 1.54) is 17.0 Å². The smallest absolute Gasteiger partial charge is 0.264 e. The molecule has 4 rings (SSSR count). The molecule has 7 nitrogen and oxygen atoms in total. The first-order valence-corrected chi connectivity index (χ1v) is 16.7. The van der Waals surface area contributed by atoms with E-state index in [2.05, 4.69) is 21.2 Å². The molecular formula is C34H35BrClN3O4S. The molecule has 0 saturated carbocycles. The number of anilines is 1. The van der Waals surface area contributed by atoms with E-state index < -0.39 is 34.1 Å². The number of para-hydroxylation sites is 1. The molecule has 10 heteroatoms. The lowest BCUT2D eigenvalue weighted by Gasteiger charge is -2.35. The van der Waals surface area contributed by atoms with Crippen LogP contribution < -0.4 is 9.62 Å². The van der Waals surface area contributed by atoms with Gasteiger partial charge in [-0.2, -0.15) is 0 Å². The largest absolute Gasteiger partial charge is 0.350 e. The number of carbonyl (C=O) groups excluding carboxylic acids is 2. The van der Waals surface area contributed by atoms with Crippen LogP contribution in [-0.2, 0) is 32.6 Å². The lowest BCUT2D eigenvalue weighted by molar-refractivity contribution is -0.140. The first kappa shape index (κ1) is 33.2. The van der Waals surface area contributed by atoms with E-state index in [0.717, 1.165) is 19.9 Å². The Hall–Kier alpha value is -3.66. The Bertz CT molecular complexity index is 1680. The average Bonchev–Trinajstić information content (AvgIpc) is 2.99. The Morgan fingerprint density at radius 1 is 0.818 bits per heavy atom. The number of benzene rings is 4. The lowest BCUT2D eigenvalue weighted by atomic mass is 10.0. The molecule has 0 aromatic heterocycles. The maximum absolute atomic E-state index is 14.5. The Morgan fingerprint density at radius 3 is 1.98 bits per heavy atom. The quantitative estimate of drug-likeness (QED) is 0.186. The zero-order chi connectivity index (χ0) is 31.9. The van der Waals surface area contributed by atoms with Crippen LogP contribution in [0.2, 0.25) is 5.02 Å². The van der Waals surface area contributed by atoms with Crippen LogP contribution in [0.5, 0.6) is 0 Å². The summed E-state index contributed by atoms with van der Waals surface area (Å²) in [6.45, 7) is 5.11. The molecule has 0 bridgehead atoms. The molecule has 0 heterocycles. The summed E-state index contributed by atoms with van der Waals surface area (Å²) in [5, 5.41) is 3.20. The van der Waals surface area contributed by atoms with Crippen LogP contribution in [-0.4, -0.2) is 43.3 Å². The van der Waals surface area contributed by atoms with E-state index in [1.54, 1.807) is 42.5 Å². The number of rotatable bonds is 11. The maximum Gasteiger partial charge on any atom is 0.264 e. The maximum atomic E-state index is 14.5. The van der Waals surface area contributed by atoms with Crippen molar-refractivity contribution in [2.75, 3.05) is 10.8 Å². The average molecular weight is 697 g/mol. The van der Waals surface area contributed by atoms with Gasteiger partial charge < -0.3 is 10.2 Å². The van der Waals surface area contributed by atoms with Gasteiger partial charge in [-0.25, -0.2) is 8.42 Å². The van der Waals surface area contributed by atoms with Crippen molar-refractivity contribution < 1.29 is 18.0 Å². The zero-order valence-electron chi connectivity index (χ0n) is 24.8. The van der Waals surface area contributed by atoms with Gasteiger partial charge in [0.2, 0.25) is 11.8 Å². The second-order valence-corrected chi connectivity index (χ2v) is 14.6. The Kier molecular flexibility index (Phi) is 10.9. The molecule has 0 aliphatic rings. The summed E-state index contributed by atoms with van der Waals surface area (Å²) in [6, 6.07) is 30.3. The predicted molar refractivity (Wildman–Crippen MR) is 179 cm³/mol. The van der Waals surface area contributed by atoms with Gasteiger partial charge in [0, 0.05) is 23.0 Å². The normalized spacial score (nSPS) is 12.3. The van der Waals surface area contributed by atoms with E-state index in [-0.39, 0.29) is 34.5 Å². The van der Waals surface area contributed by atoms with Crippen LogP contribution in [0.1, 0.15) is 31.9 Å². The minimum atomic E-state index is -4.22. The third-order valence-electron chi connectivity index (χ3n) is 6.77. The Labute approximate surface area is 273 Å². The fraction of sp³-hybridized carbons (Fsp3) is 0.235. The second-order valence-electron chi connectivity index (χ2n) is 11.4. The summed E-state index contributed by atoms with van der Waals surface area (Å²) < 4.78 is 29.9. The third kappa shape index (κ3) is 8.71. The highest BCUT2D eigenvalue weighted by Crippen LogP contribution is 2.31. The molecule has 4 aromatic carbocycles. The number of hydrogen-bond donors (Lipinski definition) is 1. The van der Waals surface area contributed by atoms with Gasteiger partial charge in [0.15, 0.2) is 0 Å². The standard InChI is InChI=1S/C34H35BrClN3O4S/c1-34(2,3)37-33(41)31(22-25-12-6-4-7-13-25)38(23-26-18-20-27(35)21-19-26)32(40)24-39(30-17-11-10-16-29(30)36)44(42,43)28-14-8-5-9-15-28/h4-21,31H,22-24H2,1-3H3,(H,37,41)/t31-/m1/s1. The van der Waals surface area contributed by atoms with Crippen molar-refractivity contribution in [2.24, 2.45) is 0 Å². The minimum Gasteiger partial charge on any atom is -0.350 e. The minimum absolute atomic E-state index is 0.0125. The van der Waals surface area contributed by atoms with Crippen molar-refractivity contribution in [3.63, 3.8) is 0 Å². The molecule has 4 aromatic rings. The van der Waals surface area contributed by atoms with Gasteiger partial charge in [-0.05, 0) is 68.3 Å². The highest BCUT2D eigenvalue weighted by molar-refractivity contribution is 9.10. The number of nitrogens with zero attached hydrogens (tertiary/aromatic N) is 2. The first-order chi connectivity index (χ1) is 20.8. The molecular weight excluding hydrogens is 662 g/mol. The molecule has 0 saturated heterocycles. The van der Waals surface area contributed by atoms with E-state index in [9.17, 15) is 18.0 Å². The Balaban J connectivity index is 1.82.